The number of alkyl halides is 3. The van der Waals surface area contributed by atoms with E-state index in [0.29, 0.717) is 41.9 Å². The minimum Gasteiger partial charge on any atom is -0.493 e. The molecule has 0 aromatic heterocycles. The Balaban J connectivity index is 1.91. The third kappa shape index (κ3) is 15.0. The molecule has 2 amide bonds. The molecule has 10 nitrogen and oxygen atoms in total. The van der Waals surface area contributed by atoms with E-state index in [4.69, 9.17) is 36.3 Å². The zero-order valence-electron chi connectivity index (χ0n) is 38.5. The number of nitrogens with two attached hydrogens (primary N) is 1. The van der Waals surface area contributed by atoms with Crippen LogP contribution in [0.25, 0.3) is 11.8 Å². The number of nitrogens with zero attached hydrogens (tertiary/aromatic N) is 3. The van der Waals surface area contributed by atoms with Crippen LogP contribution in [0.2, 0.25) is 5.02 Å². The van der Waals surface area contributed by atoms with E-state index in [1.165, 1.54) is 37.5 Å². The third-order valence-corrected chi connectivity index (χ3v) is 10.9. The molecule has 4 aromatic rings. The Labute approximate surface area is 385 Å². The maximum absolute atomic E-state index is 16.5. The summed E-state index contributed by atoms with van der Waals surface area (Å²) < 4.78 is 83.2. The number of rotatable bonds is 22. The number of halogens is 5. The van der Waals surface area contributed by atoms with E-state index in [9.17, 15) is 22.8 Å². The summed E-state index contributed by atoms with van der Waals surface area (Å²) in [4.78, 5) is 32.0. The molecule has 0 atom stereocenters. The van der Waals surface area contributed by atoms with E-state index in [0.717, 1.165) is 29.7 Å². The monoisotopic (exact) mass is 924 g/mol. The fourth-order valence-electron chi connectivity index (χ4n) is 7.50. The van der Waals surface area contributed by atoms with Crippen molar-refractivity contribution < 1.29 is 46.1 Å². The highest BCUT2D eigenvalue weighted by Crippen LogP contribution is 2.40. The molecule has 0 heterocycles. The van der Waals surface area contributed by atoms with Crippen molar-refractivity contribution in [2.75, 3.05) is 38.3 Å². The van der Waals surface area contributed by atoms with Gasteiger partial charge in [-0.1, -0.05) is 60.1 Å². The van der Waals surface area contributed by atoms with Crippen LogP contribution in [0.4, 0.5) is 28.0 Å². The second-order valence-corrected chi connectivity index (χ2v) is 16.9. The lowest BCUT2D eigenvalue weighted by atomic mass is 10.0. The molecule has 0 bridgehead atoms. The summed E-state index contributed by atoms with van der Waals surface area (Å²) in [6, 6.07) is 21.8. The summed E-state index contributed by atoms with van der Waals surface area (Å²) in [5.41, 5.74) is 4.98. The minimum atomic E-state index is -4.88. The van der Waals surface area contributed by atoms with E-state index in [2.05, 4.69) is 65.2 Å². The molecule has 15 heteroatoms. The number of carbonyl (C=O) groups excluding carboxylic acids is 2. The van der Waals surface area contributed by atoms with Crippen molar-refractivity contribution in [3.05, 3.63) is 124 Å². The zero-order chi connectivity index (χ0) is 48.0. The lowest BCUT2D eigenvalue weighted by Crippen LogP contribution is -2.39. The van der Waals surface area contributed by atoms with Crippen molar-refractivity contribution in [2.45, 2.75) is 98.6 Å². The van der Waals surface area contributed by atoms with Crippen LogP contribution in [-0.2, 0) is 17.4 Å². The van der Waals surface area contributed by atoms with Crippen LogP contribution >= 0.6 is 11.6 Å². The second kappa shape index (κ2) is 24.1. The van der Waals surface area contributed by atoms with Crippen LogP contribution in [0.3, 0.4) is 0 Å². The maximum atomic E-state index is 16.5. The third-order valence-electron chi connectivity index (χ3n) is 10.5. The first-order chi connectivity index (χ1) is 30.7. The van der Waals surface area contributed by atoms with Crippen LogP contribution in [0.15, 0.2) is 96.8 Å². The van der Waals surface area contributed by atoms with Gasteiger partial charge in [0, 0.05) is 43.3 Å². The summed E-state index contributed by atoms with van der Waals surface area (Å²) in [5.74, 6) is -1.61. The molecule has 0 aliphatic heterocycles. The van der Waals surface area contributed by atoms with Gasteiger partial charge < -0.3 is 24.7 Å². The summed E-state index contributed by atoms with van der Waals surface area (Å²) >= 11 is 6.11. The van der Waals surface area contributed by atoms with Crippen LogP contribution in [0.1, 0.15) is 84.1 Å². The number of anilines is 1. The fraction of sp³-hybridized carbons (Fsp3) is 0.400. The largest absolute Gasteiger partial charge is 0.493 e. The number of hydrogen-bond acceptors (Lipinski definition) is 8. The van der Waals surface area contributed by atoms with Gasteiger partial charge in [-0.05, 0) is 127 Å². The molecular weight excluding hydrogens is 864 g/mol. The van der Waals surface area contributed by atoms with Crippen LogP contribution in [0, 0.1) is 0 Å². The van der Waals surface area contributed by atoms with Gasteiger partial charge in [0.2, 0.25) is 0 Å². The van der Waals surface area contributed by atoms with E-state index in [1.807, 2.05) is 0 Å². The number of primary amides is 1. The Morgan fingerprint density at radius 2 is 1.34 bits per heavy atom. The van der Waals surface area contributed by atoms with Crippen molar-refractivity contribution in [3.63, 3.8) is 0 Å². The molecule has 0 saturated carbocycles. The van der Waals surface area contributed by atoms with Gasteiger partial charge in [0.25, 0.3) is 5.91 Å². The number of allylic oxidation sites excluding steroid dienone is 1. The van der Waals surface area contributed by atoms with Crippen LogP contribution in [-0.4, -0.2) is 79.4 Å². The lowest BCUT2D eigenvalue weighted by molar-refractivity contribution is -0.137. The Hall–Kier alpha value is -5.57. The molecule has 0 radical (unpaired) electrons. The summed E-state index contributed by atoms with van der Waals surface area (Å²) in [6.45, 7) is 18.5. The van der Waals surface area contributed by atoms with Gasteiger partial charge in [0.05, 0.1) is 35.7 Å². The Morgan fingerprint density at radius 3 is 1.94 bits per heavy atom. The molecule has 0 aliphatic carbocycles. The highest BCUT2D eigenvalue weighted by molar-refractivity contribution is 6.31. The smallest absolute Gasteiger partial charge is 0.417 e. The first kappa shape index (κ1) is 52.1. The van der Waals surface area contributed by atoms with E-state index in [-0.39, 0.29) is 65.9 Å². The van der Waals surface area contributed by atoms with Crippen molar-refractivity contribution in [1.82, 2.24) is 9.80 Å². The van der Waals surface area contributed by atoms with Crippen molar-refractivity contribution in [3.8, 4) is 23.0 Å². The number of ether oxygens (including phenoxy) is 4. The number of amides is 2. The van der Waals surface area contributed by atoms with Crippen molar-refractivity contribution in [2.24, 2.45) is 5.73 Å². The van der Waals surface area contributed by atoms with E-state index in [1.54, 1.807) is 48.5 Å². The first-order valence-electron chi connectivity index (χ1n) is 21.6. The molecular formula is C50H61ClF4N4O6. The maximum Gasteiger partial charge on any atom is 0.417 e. The SMILES string of the molecule is COc1ccc(N(C(=O)C(F)=Cc2ccccc2)C(=CCc2ccc(OC(N)=O)c(OCCN(C(C)C)C(C)C)c2)c2ccc(Cl)c(C(F)(F)F)c2)cc1OCCCN(C(C)C)C(C)C. The van der Waals surface area contributed by atoms with Gasteiger partial charge >= 0.3 is 12.3 Å². The average Bonchev–Trinajstić information content (AvgIpc) is 3.23. The molecule has 0 fully saturated rings. The molecule has 4 aromatic carbocycles. The Morgan fingerprint density at radius 1 is 0.738 bits per heavy atom. The van der Waals surface area contributed by atoms with Gasteiger partial charge in [0.1, 0.15) is 6.61 Å². The van der Waals surface area contributed by atoms with Gasteiger partial charge in [-0.25, -0.2) is 9.18 Å². The Kier molecular flexibility index (Phi) is 19.3. The Bertz CT molecular complexity index is 2250. The van der Waals surface area contributed by atoms with Crippen LogP contribution < -0.4 is 29.6 Å². The van der Waals surface area contributed by atoms with Gasteiger partial charge in [0.15, 0.2) is 28.8 Å². The molecule has 0 aliphatic rings. The fourth-order valence-corrected chi connectivity index (χ4v) is 7.73. The number of hydrogen-bond donors (Lipinski definition) is 1. The highest BCUT2D eigenvalue weighted by Gasteiger charge is 2.35. The summed E-state index contributed by atoms with van der Waals surface area (Å²) in [5, 5.41) is -0.567. The molecule has 4 rings (SSSR count). The van der Waals surface area contributed by atoms with Crippen LogP contribution in [0.5, 0.6) is 23.0 Å². The quantitative estimate of drug-likeness (QED) is 0.0472. The van der Waals surface area contributed by atoms with Crippen molar-refractivity contribution >= 4 is 41.1 Å². The minimum absolute atomic E-state index is 0.0356. The standard InChI is InChI=1S/C50H61ClF4N4O6/c1-32(2)57(33(3)4)24-13-26-63-47-31-39(19-23-44(47)62-9)59(48(60)42(52)28-36-14-11-10-12-15-36)43(38-18-20-41(51)40(30-38)50(53,54)55)21-16-37-17-22-45(65-49(56)61)46(29-37)64-27-25-58(34(5)6)35(7)8/h10-12,14-15,17-23,28-35H,13,16,24-27H2,1-9H3,(H2,56,61). The van der Waals surface area contributed by atoms with E-state index >= 15 is 4.39 Å². The normalized spacial score (nSPS) is 12.5. The number of methoxy groups -OCH3 is 1. The molecule has 65 heavy (non-hydrogen) atoms. The van der Waals surface area contributed by atoms with E-state index < -0.39 is 34.6 Å². The second-order valence-electron chi connectivity index (χ2n) is 16.5. The summed E-state index contributed by atoms with van der Waals surface area (Å²) in [7, 11) is 1.45. The van der Waals surface area contributed by atoms with Crippen molar-refractivity contribution in [1.29, 1.82) is 0 Å². The topological polar surface area (TPSA) is 107 Å². The molecule has 0 unspecified atom stereocenters. The lowest BCUT2D eigenvalue weighted by Gasteiger charge is -2.30. The number of carbonyl (C=O) groups is 2. The average molecular weight is 926 g/mol. The van der Waals surface area contributed by atoms with Gasteiger partial charge in [-0.15, -0.1) is 0 Å². The zero-order valence-corrected chi connectivity index (χ0v) is 39.3. The summed E-state index contributed by atoms with van der Waals surface area (Å²) in [6.07, 6.45) is -2.79. The van der Waals surface area contributed by atoms with Gasteiger partial charge in [-0.3, -0.25) is 19.5 Å². The molecule has 0 saturated heterocycles. The highest BCUT2D eigenvalue weighted by atomic mass is 35.5. The van der Waals surface area contributed by atoms with Gasteiger partial charge in [-0.2, -0.15) is 13.2 Å². The number of benzene rings is 4. The predicted octanol–water partition coefficient (Wildman–Crippen LogP) is 11.8. The molecule has 0 spiro atoms. The molecule has 352 valence electrons. The predicted molar refractivity (Wildman–Crippen MR) is 250 cm³/mol. The molecule has 2 N–H and O–H groups in total. The first-order valence-corrected chi connectivity index (χ1v) is 22.0.